The molecule has 1 unspecified atom stereocenters. The summed E-state index contributed by atoms with van der Waals surface area (Å²) >= 11 is 0. The Hall–Kier alpha value is -3.59. The number of rotatable bonds is 12. The number of morpholine rings is 1. The van der Waals surface area contributed by atoms with E-state index in [9.17, 15) is 27.6 Å². The smallest absolute Gasteiger partial charge is 0.475 e. The molecule has 1 aliphatic heterocycles. The van der Waals surface area contributed by atoms with Crippen LogP contribution in [0.5, 0.6) is 5.88 Å². The normalized spacial score (nSPS) is 15.1. The summed E-state index contributed by atoms with van der Waals surface area (Å²) in [7, 11) is -4.07. The largest absolute Gasteiger partial charge is 0.475 e. The predicted octanol–water partition coefficient (Wildman–Crippen LogP) is 7.05. The minimum atomic E-state index is -4.62. The Morgan fingerprint density at radius 1 is 1.00 bits per heavy atom. The van der Waals surface area contributed by atoms with Crippen molar-refractivity contribution in [2.45, 2.75) is 71.9 Å². The summed E-state index contributed by atoms with van der Waals surface area (Å²) in [6.07, 6.45) is -4.93. The molecule has 0 saturated carbocycles. The van der Waals surface area contributed by atoms with Gasteiger partial charge in [-0.1, -0.05) is 6.07 Å². The zero-order valence-corrected chi connectivity index (χ0v) is 30.1. The standard InChI is InChI=1S/C34H44F3N4O8P/c1-22-8-9-25(39-31(43)28-18-24(10-11-38-28)34(35,36)37)19-27(22)23-16-29(41-12-14-45-15-13-41)40-30(17-23)46-20-26(42)21-47-50(44,48-32(2,3)4)49-33(5,6)7/h8-11,16-19,26,42H,12-15,20-21H2,1-7H3,(H,39,43). The highest BCUT2D eigenvalue weighted by molar-refractivity contribution is 7.48. The van der Waals surface area contributed by atoms with Gasteiger partial charge in [-0.2, -0.15) is 18.2 Å². The van der Waals surface area contributed by atoms with Gasteiger partial charge < -0.3 is 24.8 Å². The summed E-state index contributed by atoms with van der Waals surface area (Å²) in [6, 6.07) is 10.1. The maximum absolute atomic E-state index is 13.4. The number of carbonyl (C=O) groups is 1. The van der Waals surface area contributed by atoms with Crippen LogP contribution in [0.1, 0.15) is 63.2 Å². The van der Waals surface area contributed by atoms with Crippen molar-refractivity contribution in [3.05, 3.63) is 65.5 Å². The number of ether oxygens (including phenoxy) is 2. The van der Waals surface area contributed by atoms with E-state index in [0.29, 0.717) is 55.0 Å². The number of benzene rings is 1. The number of phosphoric acid groups is 1. The van der Waals surface area contributed by atoms with Crippen LogP contribution in [-0.4, -0.2) is 77.8 Å². The fourth-order valence-corrected chi connectivity index (χ4v) is 6.60. The van der Waals surface area contributed by atoms with Crippen molar-refractivity contribution in [2.24, 2.45) is 0 Å². The van der Waals surface area contributed by atoms with Gasteiger partial charge in [-0.15, -0.1) is 0 Å². The van der Waals surface area contributed by atoms with E-state index in [1.807, 2.05) is 17.9 Å². The van der Waals surface area contributed by atoms with Crippen molar-refractivity contribution in [1.29, 1.82) is 0 Å². The second-order valence-corrected chi connectivity index (χ2v) is 15.2. The molecule has 1 aliphatic rings. The first-order chi connectivity index (χ1) is 23.2. The first kappa shape index (κ1) is 39.2. The van der Waals surface area contributed by atoms with E-state index >= 15 is 0 Å². The Kier molecular flexibility index (Phi) is 12.3. The molecule has 2 N–H and O–H groups in total. The number of anilines is 2. The van der Waals surface area contributed by atoms with Gasteiger partial charge >= 0.3 is 14.0 Å². The van der Waals surface area contributed by atoms with Crippen LogP contribution in [0.4, 0.5) is 24.7 Å². The third-order valence-corrected chi connectivity index (χ3v) is 8.88. The molecule has 1 fully saturated rings. The number of carbonyl (C=O) groups excluding carboxylic acids is 1. The number of hydrogen-bond donors (Lipinski definition) is 2. The lowest BCUT2D eigenvalue weighted by Crippen LogP contribution is -2.36. The molecule has 1 aromatic carbocycles. The Morgan fingerprint density at radius 3 is 2.28 bits per heavy atom. The van der Waals surface area contributed by atoms with Crippen molar-refractivity contribution in [3.8, 4) is 17.0 Å². The molecule has 1 atom stereocenters. The van der Waals surface area contributed by atoms with Crippen LogP contribution in [0.3, 0.4) is 0 Å². The fourth-order valence-electron chi connectivity index (χ4n) is 4.76. The van der Waals surface area contributed by atoms with Crippen molar-refractivity contribution in [2.75, 3.05) is 49.7 Å². The number of hydrogen-bond acceptors (Lipinski definition) is 11. The fraction of sp³-hybridized carbons (Fsp3) is 0.500. The number of aromatic nitrogens is 2. The molecule has 274 valence electrons. The highest BCUT2D eigenvalue weighted by Crippen LogP contribution is 2.55. The number of alkyl halides is 3. The average molecular weight is 725 g/mol. The van der Waals surface area contributed by atoms with Crippen LogP contribution in [0.15, 0.2) is 48.7 Å². The van der Waals surface area contributed by atoms with Crippen LogP contribution in [0.2, 0.25) is 0 Å². The second kappa shape index (κ2) is 15.7. The molecule has 3 heterocycles. The van der Waals surface area contributed by atoms with Crippen molar-refractivity contribution in [3.63, 3.8) is 0 Å². The Bertz CT molecular complexity index is 1670. The molecule has 0 bridgehead atoms. The van der Waals surface area contributed by atoms with E-state index < -0.39 is 49.4 Å². The van der Waals surface area contributed by atoms with E-state index in [-0.39, 0.29) is 18.2 Å². The number of nitrogens with zero attached hydrogens (tertiary/aromatic N) is 3. The van der Waals surface area contributed by atoms with Gasteiger partial charge in [0.05, 0.1) is 36.6 Å². The molecule has 0 spiro atoms. The molecular weight excluding hydrogens is 680 g/mol. The molecule has 3 aromatic rings. The molecule has 0 radical (unpaired) electrons. The third kappa shape index (κ3) is 11.7. The number of amides is 1. The van der Waals surface area contributed by atoms with Gasteiger partial charge in [0, 0.05) is 31.0 Å². The SMILES string of the molecule is Cc1ccc(NC(=O)c2cc(C(F)(F)F)ccn2)cc1-c1cc(OCC(O)COP(=O)(OC(C)(C)C)OC(C)(C)C)nc(N2CCOCC2)c1. The highest BCUT2D eigenvalue weighted by atomic mass is 31.2. The zero-order chi connectivity index (χ0) is 36.9. The second-order valence-electron chi connectivity index (χ2n) is 13.7. The maximum Gasteiger partial charge on any atom is 0.475 e. The quantitative estimate of drug-likeness (QED) is 0.186. The summed E-state index contributed by atoms with van der Waals surface area (Å²) in [5.41, 5.74) is -0.568. The minimum absolute atomic E-state index is 0.171. The lowest BCUT2D eigenvalue weighted by molar-refractivity contribution is -0.137. The number of aliphatic hydroxyl groups is 1. The summed E-state index contributed by atoms with van der Waals surface area (Å²) < 4.78 is 81.1. The summed E-state index contributed by atoms with van der Waals surface area (Å²) in [6.45, 7) is 13.5. The predicted molar refractivity (Wildman–Crippen MR) is 181 cm³/mol. The number of nitrogens with one attached hydrogen (secondary N) is 1. The van der Waals surface area contributed by atoms with Gasteiger partial charge in [0.25, 0.3) is 5.91 Å². The first-order valence-electron chi connectivity index (χ1n) is 16.0. The van der Waals surface area contributed by atoms with Crippen molar-refractivity contribution >= 4 is 25.2 Å². The highest BCUT2D eigenvalue weighted by Gasteiger charge is 2.38. The number of aliphatic hydroxyl groups excluding tert-OH is 1. The Balaban J connectivity index is 1.56. The summed E-state index contributed by atoms with van der Waals surface area (Å²) in [5, 5.41) is 13.4. The molecule has 16 heteroatoms. The van der Waals surface area contributed by atoms with Crippen molar-refractivity contribution < 1.29 is 50.7 Å². The Morgan fingerprint density at radius 2 is 1.66 bits per heavy atom. The van der Waals surface area contributed by atoms with Gasteiger partial charge in [-0.3, -0.25) is 23.3 Å². The average Bonchev–Trinajstić information content (AvgIpc) is 3.02. The molecule has 4 rings (SSSR count). The van der Waals surface area contributed by atoms with E-state index in [1.165, 1.54) is 0 Å². The van der Waals surface area contributed by atoms with E-state index in [4.69, 9.17) is 23.0 Å². The number of aryl methyl sites for hydroxylation is 1. The van der Waals surface area contributed by atoms with Crippen LogP contribution in [-0.2, 0) is 29.0 Å². The third-order valence-electron chi connectivity index (χ3n) is 6.87. The first-order valence-corrected chi connectivity index (χ1v) is 17.4. The lowest BCUT2D eigenvalue weighted by Gasteiger charge is -2.31. The minimum Gasteiger partial charge on any atom is -0.475 e. The molecule has 0 aliphatic carbocycles. The van der Waals surface area contributed by atoms with Crippen LogP contribution in [0.25, 0.3) is 11.1 Å². The number of halogens is 3. The zero-order valence-electron chi connectivity index (χ0n) is 29.2. The Labute approximate surface area is 289 Å². The van der Waals surface area contributed by atoms with Gasteiger partial charge in [-0.25, -0.2) is 4.57 Å². The summed E-state index contributed by atoms with van der Waals surface area (Å²) in [5.74, 6) is -0.0551. The molecule has 1 saturated heterocycles. The molecule has 50 heavy (non-hydrogen) atoms. The maximum atomic E-state index is 13.4. The van der Waals surface area contributed by atoms with Crippen LogP contribution < -0.4 is 15.0 Å². The van der Waals surface area contributed by atoms with Gasteiger partial charge in [-0.05, 0) is 95.5 Å². The van der Waals surface area contributed by atoms with Crippen molar-refractivity contribution in [1.82, 2.24) is 9.97 Å². The van der Waals surface area contributed by atoms with Crippen LogP contribution >= 0.6 is 7.82 Å². The number of pyridine rings is 2. The van der Waals surface area contributed by atoms with E-state index in [0.717, 1.165) is 17.8 Å². The summed E-state index contributed by atoms with van der Waals surface area (Å²) in [4.78, 5) is 23.4. The molecular formula is C34H44F3N4O8P. The molecule has 12 nitrogen and oxygen atoms in total. The molecule has 2 aromatic heterocycles. The van der Waals surface area contributed by atoms with E-state index in [2.05, 4.69) is 15.3 Å². The monoisotopic (exact) mass is 724 g/mol. The van der Waals surface area contributed by atoms with Gasteiger partial charge in [0.15, 0.2) is 0 Å². The number of phosphoric ester groups is 1. The van der Waals surface area contributed by atoms with E-state index in [1.54, 1.807) is 65.8 Å². The van der Waals surface area contributed by atoms with Gasteiger partial charge in [0.2, 0.25) is 5.88 Å². The van der Waals surface area contributed by atoms with Crippen LogP contribution in [0, 0.1) is 6.92 Å². The lowest BCUT2D eigenvalue weighted by atomic mass is 10.00. The molecule has 1 amide bonds. The topological polar surface area (TPSA) is 142 Å². The van der Waals surface area contributed by atoms with Gasteiger partial charge in [0.1, 0.15) is 24.2 Å².